The van der Waals surface area contributed by atoms with E-state index in [9.17, 15) is 4.79 Å². The lowest BCUT2D eigenvalue weighted by molar-refractivity contribution is 0.102. The Kier molecular flexibility index (Phi) is 3.54. The van der Waals surface area contributed by atoms with E-state index in [4.69, 9.17) is 0 Å². The summed E-state index contributed by atoms with van der Waals surface area (Å²) >= 11 is 1.40. The molecule has 0 unspecified atom stereocenters. The van der Waals surface area contributed by atoms with Gasteiger partial charge in [0.05, 0.1) is 17.1 Å². The van der Waals surface area contributed by atoms with Gasteiger partial charge in [0.25, 0.3) is 11.9 Å². The molecular weight excluding hydrogens is 326 g/mol. The normalized spacial score (nSPS) is 11.0. The molecular formula is C15H13N7OS. The molecule has 0 atom stereocenters. The number of carbonyl (C=O) groups is 1. The maximum absolute atomic E-state index is 12.3. The van der Waals surface area contributed by atoms with Gasteiger partial charge in [-0.15, -0.1) is 16.4 Å². The van der Waals surface area contributed by atoms with Crippen LogP contribution < -0.4 is 5.32 Å². The largest absolute Gasteiger partial charge is 0.287 e. The molecule has 9 heteroatoms. The van der Waals surface area contributed by atoms with Crippen LogP contribution >= 0.6 is 11.3 Å². The first kappa shape index (κ1) is 14.5. The quantitative estimate of drug-likeness (QED) is 0.593. The number of carbonyl (C=O) groups excluding carboxylic acids is 1. The lowest BCUT2D eigenvalue weighted by Gasteiger charge is -2.02. The highest BCUT2D eigenvalue weighted by atomic mass is 32.1. The van der Waals surface area contributed by atoms with Gasteiger partial charge in [0.1, 0.15) is 4.83 Å². The molecule has 2 N–H and O–H groups in total. The molecule has 8 nitrogen and oxygen atoms in total. The maximum atomic E-state index is 12.3. The van der Waals surface area contributed by atoms with Crippen LogP contribution in [0.4, 0.5) is 5.95 Å². The fraction of sp³-hybridized carbons (Fsp3) is 0.133. The average Bonchev–Trinajstić information content (AvgIpc) is 3.29. The highest BCUT2D eigenvalue weighted by Gasteiger charge is 2.17. The number of nitrogens with one attached hydrogen (secondary N) is 2. The Morgan fingerprint density at radius 1 is 1.33 bits per heavy atom. The fourth-order valence-corrected chi connectivity index (χ4v) is 3.52. The van der Waals surface area contributed by atoms with Crippen molar-refractivity contribution >= 4 is 33.4 Å². The van der Waals surface area contributed by atoms with Crippen molar-refractivity contribution in [2.24, 2.45) is 0 Å². The third-order valence-electron chi connectivity index (χ3n) is 3.58. The average molecular weight is 339 g/mol. The lowest BCUT2D eigenvalue weighted by atomic mass is 10.2. The summed E-state index contributed by atoms with van der Waals surface area (Å²) in [5.41, 5.74) is 2.06. The smallest absolute Gasteiger partial charge is 0.270 e. The molecule has 0 aliphatic carbocycles. The van der Waals surface area contributed by atoms with Crippen molar-refractivity contribution in [1.82, 2.24) is 30.4 Å². The summed E-state index contributed by atoms with van der Waals surface area (Å²) < 4.78 is 1.93. The van der Waals surface area contributed by atoms with Gasteiger partial charge in [-0.1, -0.05) is 35.4 Å². The zero-order valence-corrected chi connectivity index (χ0v) is 13.5. The Labute approximate surface area is 140 Å². The van der Waals surface area contributed by atoms with Crippen molar-refractivity contribution in [1.29, 1.82) is 0 Å². The van der Waals surface area contributed by atoms with Crippen molar-refractivity contribution in [2.75, 3.05) is 5.32 Å². The number of amides is 1. The summed E-state index contributed by atoms with van der Waals surface area (Å²) in [5, 5.41) is 21.3. The summed E-state index contributed by atoms with van der Waals surface area (Å²) in [4.78, 5) is 13.9. The first-order valence-electron chi connectivity index (χ1n) is 7.26. The highest BCUT2D eigenvalue weighted by molar-refractivity contribution is 7.20. The number of benzene rings is 1. The monoisotopic (exact) mass is 339 g/mol. The molecule has 0 aliphatic rings. The van der Waals surface area contributed by atoms with Crippen LogP contribution in [0.15, 0.2) is 36.4 Å². The number of thiophene rings is 1. The number of aromatic amines is 1. The Balaban J connectivity index is 1.65. The molecule has 0 saturated heterocycles. The van der Waals surface area contributed by atoms with Crippen molar-refractivity contribution in [2.45, 2.75) is 13.5 Å². The number of fused-ring (bicyclic) bond motifs is 1. The third-order valence-corrected chi connectivity index (χ3v) is 4.72. The van der Waals surface area contributed by atoms with Crippen molar-refractivity contribution in [3.8, 4) is 0 Å². The molecule has 4 rings (SSSR count). The van der Waals surface area contributed by atoms with E-state index in [2.05, 4.69) is 43.2 Å². The molecule has 24 heavy (non-hydrogen) atoms. The van der Waals surface area contributed by atoms with Gasteiger partial charge in [-0.2, -0.15) is 10.3 Å². The van der Waals surface area contributed by atoms with Crippen LogP contribution in [0, 0.1) is 6.92 Å². The van der Waals surface area contributed by atoms with Gasteiger partial charge >= 0.3 is 0 Å². The van der Waals surface area contributed by atoms with Gasteiger partial charge in [0, 0.05) is 5.39 Å². The molecule has 4 aromatic rings. The zero-order chi connectivity index (χ0) is 16.5. The first-order chi connectivity index (χ1) is 11.7. The second-order valence-corrected chi connectivity index (χ2v) is 6.28. The van der Waals surface area contributed by atoms with Gasteiger partial charge in [0.2, 0.25) is 0 Å². The third kappa shape index (κ3) is 2.65. The van der Waals surface area contributed by atoms with E-state index in [0.29, 0.717) is 11.4 Å². The number of tetrazole rings is 1. The standard InChI is InChI=1S/C15H13N7OS/c1-9-11-7-12(13(23)16-15-17-20-21-18-15)24-14(11)22(19-9)8-10-5-3-2-4-6-10/h2-7H,8H2,1H3,(H2,16,17,18,20,21,23). The summed E-state index contributed by atoms with van der Waals surface area (Å²) in [6.07, 6.45) is 0. The van der Waals surface area contributed by atoms with Gasteiger partial charge in [-0.05, 0) is 23.8 Å². The van der Waals surface area contributed by atoms with Crippen LogP contribution in [0.5, 0.6) is 0 Å². The van der Waals surface area contributed by atoms with E-state index in [1.807, 2.05) is 35.9 Å². The number of aromatic nitrogens is 6. The summed E-state index contributed by atoms with van der Waals surface area (Å²) in [6.45, 7) is 2.61. The number of aryl methyl sites for hydroxylation is 1. The molecule has 0 aliphatic heterocycles. The predicted molar refractivity (Wildman–Crippen MR) is 90.0 cm³/mol. The second kappa shape index (κ2) is 5.85. The topological polar surface area (TPSA) is 101 Å². The van der Waals surface area contributed by atoms with E-state index in [0.717, 1.165) is 21.5 Å². The Bertz CT molecular complexity index is 988. The summed E-state index contributed by atoms with van der Waals surface area (Å²) in [6, 6.07) is 11.9. The van der Waals surface area contributed by atoms with E-state index in [1.54, 1.807) is 0 Å². The molecule has 0 spiro atoms. The maximum Gasteiger partial charge on any atom is 0.270 e. The number of hydrogen-bond donors (Lipinski definition) is 2. The predicted octanol–water partition coefficient (Wildman–Crippen LogP) is 2.22. The minimum atomic E-state index is -0.261. The first-order valence-corrected chi connectivity index (χ1v) is 8.08. The lowest BCUT2D eigenvalue weighted by Crippen LogP contribution is -2.11. The van der Waals surface area contributed by atoms with Crippen LogP contribution in [-0.4, -0.2) is 36.3 Å². The zero-order valence-electron chi connectivity index (χ0n) is 12.7. The molecule has 3 aromatic heterocycles. The number of H-pyrrole nitrogens is 1. The van der Waals surface area contributed by atoms with Crippen molar-refractivity contribution in [3.63, 3.8) is 0 Å². The molecule has 0 fully saturated rings. The summed E-state index contributed by atoms with van der Waals surface area (Å²) in [7, 11) is 0. The van der Waals surface area contributed by atoms with Crippen LogP contribution in [0.2, 0.25) is 0 Å². The van der Waals surface area contributed by atoms with E-state index in [-0.39, 0.29) is 11.9 Å². The highest BCUT2D eigenvalue weighted by Crippen LogP contribution is 2.29. The number of hydrogen-bond acceptors (Lipinski definition) is 6. The Hall–Kier alpha value is -3.07. The van der Waals surface area contributed by atoms with Crippen LogP contribution in [0.25, 0.3) is 10.2 Å². The number of anilines is 1. The molecule has 1 aromatic carbocycles. The Morgan fingerprint density at radius 3 is 2.92 bits per heavy atom. The molecule has 120 valence electrons. The minimum Gasteiger partial charge on any atom is -0.287 e. The molecule has 0 saturated carbocycles. The van der Waals surface area contributed by atoms with Gasteiger partial charge < -0.3 is 0 Å². The number of nitrogens with zero attached hydrogens (tertiary/aromatic N) is 5. The van der Waals surface area contributed by atoms with Crippen LogP contribution in [0.1, 0.15) is 20.9 Å². The van der Waals surface area contributed by atoms with Crippen LogP contribution in [-0.2, 0) is 6.54 Å². The van der Waals surface area contributed by atoms with Gasteiger partial charge in [0.15, 0.2) is 0 Å². The van der Waals surface area contributed by atoms with E-state index < -0.39 is 0 Å². The molecule has 3 heterocycles. The van der Waals surface area contributed by atoms with Crippen molar-refractivity contribution < 1.29 is 4.79 Å². The molecule has 0 bridgehead atoms. The molecule has 1 amide bonds. The minimum absolute atomic E-state index is 0.153. The van der Waals surface area contributed by atoms with Gasteiger partial charge in [-0.25, -0.2) is 0 Å². The Morgan fingerprint density at radius 2 is 2.17 bits per heavy atom. The fourth-order valence-electron chi connectivity index (χ4n) is 2.47. The van der Waals surface area contributed by atoms with Crippen molar-refractivity contribution in [3.05, 3.63) is 52.5 Å². The summed E-state index contributed by atoms with van der Waals surface area (Å²) in [5.74, 6) is -0.108. The number of rotatable bonds is 4. The molecule has 0 radical (unpaired) electrons. The van der Waals surface area contributed by atoms with Crippen LogP contribution in [0.3, 0.4) is 0 Å². The van der Waals surface area contributed by atoms with Gasteiger partial charge in [-0.3, -0.25) is 14.8 Å². The SMILES string of the molecule is Cc1nn(Cc2ccccc2)c2sc(C(=O)Nc3nn[nH]n3)cc12. The second-order valence-electron chi connectivity index (χ2n) is 5.25. The van der Waals surface area contributed by atoms with E-state index >= 15 is 0 Å². The van der Waals surface area contributed by atoms with E-state index in [1.165, 1.54) is 11.3 Å².